The highest BCUT2D eigenvalue weighted by atomic mass is 16.3. The maximum absolute atomic E-state index is 10.4. The first kappa shape index (κ1) is 18.9. The minimum Gasteiger partial charge on any atom is -0.507 e. The van der Waals surface area contributed by atoms with Gasteiger partial charge >= 0.3 is 0 Å². The van der Waals surface area contributed by atoms with E-state index in [9.17, 15) is 15.3 Å². The smallest absolute Gasteiger partial charge is 0.161 e. The van der Waals surface area contributed by atoms with Crippen molar-refractivity contribution in [3.63, 3.8) is 0 Å². The molecule has 0 radical (unpaired) electrons. The summed E-state index contributed by atoms with van der Waals surface area (Å²) in [6.07, 6.45) is 4.75. The highest BCUT2D eigenvalue weighted by molar-refractivity contribution is 5.69. The Morgan fingerprint density at radius 3 is 2.40 bits per heavy atom. The molecule has 0 bridgehead atoms. The Morgan fingerprint density at radius 1 is 1.04 bits per heavy atom. The van der Waals surface area contributed by atoms with Crippen LogP contribution in [0.25, 0.3) is 5.57 Å². The van der Waals surface area contributed by atoms with E-state index in [0.717, 1.165) is 35.1 Å². The molecule has 0 unspecified atom stereocenters. The van der Waals surface area contributed by atoms with Crippen LogP contribution in [0, 0.1) is 12.8 Å². The van der Waals surface area contributed by atoms with Crippen molar-refractivity contribution in [2.75, 3.05) is 0 Å². The molecule has 2 rings (SSSR count). The number of aryl methyl sites for hydroxylation is 1. The molecule has 0 saturated carbocycles. The second-order valence-corrected chi connectivity index (χ2v) is 7.18. The molecular weight excluding hydrogens is 312 g/mol. The van der Waals surface area contributed by atoms with Crippen LogP contribution in [0.15, 0.2) is 36.4 Å². The maximum atomic E-state index is 10.4. The van der Waals surface area contributed by atoms with E-state index in [2.05, 4.69) is 19.9 Å². The number of rotatable bonds is 6. The lowest BCUT2D eigenvalue weighted by atomic mass is 9.97. The Labute approximate surface area is 150 Å². The summed E-state index contributed by atoms with van der Waals surface area (Å²) in [5, 5.41) is 30.1. The van der Waals surface area contributed by atoms with E-state index in [4.69, 9.17) is 0 Å². The SMILES string of the molecule is CC(=CCCC(C)C)c1ccc(Cc2cc(C)cc(O)c2O)cc1O. The number of phenolic OH excluding ortho intramolecular Hbond substituents is 3. The number of hydrogen-bond acceptors (Lipinski definition) is 3. The fourth-order valence-electron chi connectivity index (χ4n) is 2.95. The lowest BCUT2D eigenvalue weighted by Gasteiger charge is -2.11. The molecule has 0 heterocycles. The Bertz CT molecular complexity index is 773. The highest BCUT2D eigenvalue weighted by Crippen LogP contribution is 2.33. The van der Waals surface area contributed by atoms with Gasteiger partial charge < -0.3 is 15.3 Å². The number of hydrogen-bond donors (Lipinski definition) is 3. The number of allylic oxidation sites excluding steroid dienone is 2. The molecule has 25 heavy (non-hydrogen) atoms. The largest absolute Gasteiger partial charge is 0.507 e. The molecule has 0 aliphatic carbocycles. The third-order valence-electron chi connectivity index (χ3n) is 4.39. The first-order chi connectivity index (χ1) is 11.8. The summed E-state index contributed by atoms with van der Waals surface area (Å²) in [5.74, 6) is 0.698. The molecule has 2 aromatic carbocycles. The maximum Gasteiger partial charge on any atom is 0.161 e. The van der Waals surface area contributed by atoms with Gasteiger partial charge in [0.05, 0.1) is 0 Å². The number of phenols is 3. The van der Waals surface area contributed by atoms with Gasteiger partial charge in [0.2, 0.25) is 0 Å². The van der Waals surface area contributed by atoms with Crippen LogP contribution >= 0.6 is 0 Å². The van der Waals surface area contributed by atoms with Crippen LogP contribution in [0.1, 0.15) is 55.9 Å². The molecule has 134 valence electrons. The summed E-state index contributed by atoms with van der Waals surface area (Å²) in [6.45, 7) is 8.29. The van der Waals surface area contributed by atoms with Gasteiger partial charge in [-0.3, -0.25) is 0 Å². The van der Waals surface area contributed by atoms with Gasteiger partial charge in [0.15, 0.2) is 11.5 Å². The lowest BCUT2D eigenvalue weighted by molar-refractivity contribution is 0.399. The third kappa shape index (κ3) is 5.02. The van der Waals surface area contributed by atoms with Crippen molar-refractivity contribution in [3.8, 4) is 17.2 Å². The first-order valence-electron chi connectivity index (χ1n) is 8.78. The second kappa shape index (κ2) is 8.11. The molecule has 3 heteroatoms. The summed E-state index contributed by atoms with van der Waals surface area (Å²) < 4.78 is 0. The normalized spacial score (nSPS) is 12.0. The van der Waals surface area contributed by atoms with E-state index in [0.29, 0.717) is 17.9 Å². The van der Waals surface area contributed by atoms with Gasteiger partial charge in [-0.1, -0.05) is 38.1 Å². The first-order valence-corrected chi connectivity index (χ1v) is 8.78. The Balaban J connectivity index is 2.20. The van der Waals surface area contributed by atoms with Crippen LogP contribution < -0.4 is 0 Å². The monoisotopic (exact) mass is 340 g/mol. The van der Waals surface area contributed by atoms with Crippen molar-refractivity contribution in [1.29, 1.82) is 0 Å². The average Bonchev–Trinajstić information content (AvgIpc) is 2.51. The molecule has 0 spiro atoms. The van der Waals surface area contributed by atoms with Crippen LogP contribution in [-0.2, 0) is 6.42 Å². The average molecular weight is 340 g/mol. The standard InChI is InChI=1S/C22H28O3/c1-14(2)6-5-7-16(4)19-9-8-17(13-20(19)23)12-18-10-15(3)11-21(24)22(18)25/h7-11,13-14,23-25H,5-6,12H2,1-4H3. The summed E-state index contributed by atoms with van der Waals surface area (Å²) in [7, 11) is 0. The molecule has 2 aromatic rings. The number of benzene rings is 2. The Hall–Kier alpha value is -2.42. The van der Waals surface area contributed by atoms with E-state index in [1.54, 1.807) is 6.07 Å². The van der Waals surface area contributed by atoms with Crippen LogP contribution in [0.3, 0.4) is 0 Å². The van der Waals surface area contributed by atoms with Crippen LogP contribution in [0.4, 0.5) is 0 Å². The molecule has 3 nitrogen and oxygen atoms in total. The van der Waals surface area contributed by atoms with Crippen molar-refractivity contribution >= 4 is 5.57 Å². The van der Waals surface area contributed by atoms with Crippen molar-refractivity contribution in [2.45, 2.75) is 47.0 Å². The van der Waals surface area contributed by atoms with Crippen LogP contribution in [0.2, 0.25) is 0 Å². The van der Waals surface area contributed by atoms with Gasteiger partial charge in [-0.2, -0.15) is 0 Å². The summed E-state index contributed by atoms with van der Waals surface area (Å²) in [5.41, 5.74) is 4.32. The Kier molecular flexibility index (Phi) is 6.13. The summed E-state index contributed by atoms with van der Waals surface area (Å²) >= 11 is 0. The molecule has 0 fully saturated rings. The quantitative estimate of drug-likeness (QED) is 0.605. The molecule has 0 atom stereocenters. The van der Waals surface area contributed by atoms with Gasteiger partial charge in [-0.15, -0.1) is 0 Å². The fraction of sp³-hybridized carbons (Fsp3) is 0.364. The second-order valence-electron chi connectivity index (χ2n) is 7.18. The molecule has 0 amide bonds. The number of aromatic hydroxyl groups is 3. The highest BCUT2D eigenvalue weighted by Gasteiger charge is 2.10. The van der Waals surface area contributed by atoms with Crippen molar-refractivity contribution < 1.29 is 15.3 Å². The molecule has 0 saturated heterocycles. The van der Waals surface area contributed by atoms with E-state index in [-0.39, 0.29) is 17.2 Å². The Morgan fingerprint density at radius 2 is 1.76 bits per heavy atom. The van der Waals surface area contributed by atoms with Crippen LogP contribution in [0.5, 0.6) is 17.2 Å². The van der Waals surface area contributed by atoms with Crippen LogP contribution in [-0.4, -0.2) is 15.3 Å². The van der Waals surface area contributed by atoms with Crippen molar-refractivity contribution in [2.24, 2.45) is 5.92 Å². The predicted molar refractivity (Wildman–Crippen MR) is 103 cm³/mol. The third-order valence-corrected chi connectivity index (χ3v) is 4.39. The van der Waals surface area contributed by atoms with Crippen molar-refractivity contribution in [1.82, 2.24) is 0 Å². The van der Waals surface area contributed by atoms with Gasteiger partial charge in [-0.25, -0.2) is 0 Å². The molecule has 3 N–H and O–H groups in total. The zero-order valence-corrected chi connectivity index (χ0v) is 15.5. The van der Waals surface area contributed by atoms with Gasteiger partial charge in [0.1, 0.15) is 5.75 Å². The van der Waals surface area contributed by atoms with E-state index in [1.807, 2.05) is 32.0 Å². The van der Waals surface area contributed by atoms with Crippen molar-refractivity contribution in [3.05, 3.63) is 58.7 Å². The topological polar surface area (TPSA) is 60.7 Å². The zero-order chi connectivity index (χ0) is 18.6. The van der Waals surface area contributed by atoms with Gasteiger partial charge in [0.25, 0.3) is 0 Å². The van der Waals surface area contributed by atoms with E-state index in [1.165, 1.54) is 6.07 Å². The minimum atomic E-state index is -0.111. The zero-order valence-electron chi connectivity index (χ0n) is 15.5. The predicted octanol–water partition coefficient (Wildman–Crippen LogP) is 5.54. The lowest BCUT2D eigenvalue weighted by Crippen LogP contribution is -1.92. The molecule has 0 aromatic heterocycles. The van der Waals surface area contributed by atoms with Gasteiger partial charge in [-0.05, 0) is 61.4 Å². The molecule has 0 aliphatic rings. The van der Waals surface area contributed by atoms with Gasteiger partial charge in [0, 0.05) is 17.5 Å². The fourth-order valence-corrected chi connectivity index (χ4v) is 2.95. The van der Waals surface area contributed by atoms with E-state index >= 15 is 0 Å². The van der Waals surface area contributed by atoms with E-state index < -0.39 is 0 Å². The molecule has 0 aliphatic heterocycles. The summed E-state index contributed by atoms with van der Waals surface area (Å²) in [6, 6.07) is 8.97. The minimum absolute atomic E-state index is 0.0982. The molecular formula is C22H28O3. The summed E-state index contributed by atoms with van der Waals surface area (Å²) in [4.78, 5) is 0.